The zero-order chi connectivity index (χ0) is 54.2. The zero-order valence-electron chi connectivity index (χ0n) is 39.5. The first kappa shape index (κ1) is 60.4. The summed E-state index contributed by atoms with van der Waals surface area (Å²) in [5, 5.41) is 87.9. The number of aliphatic hydroxyl groups excluding tert-OH is 5. The highest BCUT2D eigenvalue weighted by Gasteiger charge is 2.31. The lowest BCUT2D eigenvalue weighted by Crippen LogP contribution is -2.51. The van der Waals surface area contributed by atoms with Gasteiger partial charge < -0.3 is 77.8 Å². The van der Waals surface area contributed by atoms with E-state index in [0.29, 0.717) is 17.1 Å². The Morgan fingerprint density at radius 1 is 0.808 bits per heavy atom. The molecule has 0 aliphatic carbocycles. The van der Waals surface area contributed by atoms with E-state index < -0.39 is 116 Å². The van der Waals surface area contributed by atoms with Gasteiger partial charge in [0.15, 0.2) is 16.7 Å². The smallest absolute Gasteiger partial charge is 0.426 e. The summed E-state index contributed by atoms with van der Waals surface area (Å²) in [6.07, 6.45) is -8.50. The molecule has 0 aliphatic heterocycles. The van der Waals surface area contributed by atoms with Crippen molar-refractivity contribution in [3.63, 3.8) is 0 Å². The number of anilines is 2. The maximum Gasteiger partial charge on any atom is 0.426 e. The Hall–Kier alpha value is -6.90. The van der Waals surface area contributed by atoms with Gasteiger partial charge in [-0.05, 0) is 50.5 Å². The third kappa shape index (κ3) is 21.8. The first-order chi connectivity index (χ1) is 34.6. The minimum atomic E-state index is -1.92. The fourth-order valence-electron chi connectivity index (χ4n) is 6.09. The van der Waals surface area contributed by atoms with E-state index in [1.54, 1.807) is 19.1 Å². The van der Waals surface area contributed by atoms with Crippen molar-refractivity contribution in [2.75, 3.05) is 42.3 Å². The summed E-state index contributed by atoms with van der Waals surface area (Å²) in [5.74, 6) is -6.20. The van der Waals surface area contributed by atoms with Gasteiger partial charge in [0.2, 0.25) is 29.6 Å². The number of carbonyl (C=O) groups is 8. The number of aromatic amines is 1. The largest absolute Gasteiger partial charge is 0.481 e. The van der Waals surface area contributed by atoms with Gasteiger partial charge in [-0.2, -0.15) is 4.98 Å². The topological polar surface area (TPSA) is 476 Å². The number of ether oxygens (including phenoxy) is 1. The minimum absolute atomic E-state index is 0.0220. The van der Waals surface area contributed by atoms with E-state index in [2.05, 4.69) is 51.9 Å². The molecule has 0 fully saturated rings. The molecular weight excluding hydrogens is 1010 g/mol. The number of aromatic nitrogens is 4. The number of fused-ring (bicyclic) bond motifs is 1. The molecule has 3 rings (SSSR count). The van der Waals surface area contributed by atoms with Crippen LogP contribution in [0.1, 0.15) is 68.4 Å². The number of aliphatic carboxylic acids is 2. The van der Waals surface area contributed by atoms with E-state index in [1.165, 1.54) is 46.8 Å². The number of nitrogen functional groups attached to an aromatic ring is 1. The Kier molecular flexibility index (Phi) is 25.5. The van der Waals surface area contributed by atoms with Crippen molar-refractivity contribution in [2.24, 2.45) is 5.92 Å². The Morgan fingerprint density at radius 2 is 1.48 bits per heavy atom. The second-order valence-corrected chi connectivity index (χ2v) is 18.9. The lowest BCUT2D eigenvalue weighted by molar-refractivity contribution is -0.140. The monoisotopic (exact) mass is 1070 g/mol. The molecule has 1 aromatic carbocycles. The molecule has 73 heavy (non-hydrogen) atoms. The summed E-state index contributed by atoms with van der Waals surface area (Å²) >= 11 is 0. The van der Waals surface area contributed by atoms with Gasteiger partial charge in [0.1, 0.15) is 37.0 Å². The van der Waals surface area contributed by atoms with Crippen molar-refractivity contribution in [3.05, 3.63) is 47.2 Å². The molecule has 0 saturated carbocycles. The van der Waals surface area contributed by atoms with Crippen molar-refractivity contribution in [1.82, 2.24) is 52.1 Å². The van der Waals surface area contributed by atoms with Gasteiger partial charge in [0.25, 0.3) is 5.91 Å². The van der Waals surface area contributed by atoms with E-state index in [-0.39, 0.29) is 79.2 Å². The number of H-pyrrole nitrogens is 1. The average Bonchev–Trinajstić information content (AvgIpc) is 3.35. The summed E-state index contributed by atoms with van der Waals surface area (Å²) in [4.78, 5) is 114. The molecular formula is C42H61N13O16S2. The second-order valence-electron chi connectivity index (χ2n) is 16.2. The number of carbonyl (C=O) groups excluding carboxylic acids is 6. The van der Waals surface area contributed by atoms with Crippen LogP contribution in [0.25, 0.3) is 11.2 Å². The fraction of sp³-hybridized carbons (Fsp3) is 0.524. The molecule has 0 unspecified atom stereocenters. The van der Waals surface area contributed by atoms with Crippen LogP contribution >= 0.6 is 21.6 Å². The summed E-state index contributed by atoms with van der Waals surface area (Å²) in [5.41, 5.74) is 11.4. The van der Waals surface area contributed by atoms with Gasteiger partial charge in [-0.1, -0.05) is 28.5 Å². The molecule has 0 bridgehead atoms. The number of benzene rings is 1. The molecule has 2 heterocycles. The van der Waals surface area contributed by atoms with Crippen molar-refractivity contribution < 1.29 is 78.8 Å². The van der Waals surface area contributed by atoms with Crippen molar-refractivity contribution in [3.8, 4) is 0 Å². The van der Waals surface area contributed by atoms with Crippen LogP contribution < -0.4 is 48.7 Å². The van der Waals surface area contributed by atoms with Crippen LogP contribution in [0.15, 0.2) is 30.5 Å². The number of nitrogens with two attached hydrogens (primary N) is 1. The number of hydrogen-bond donors (Lipinski definition) is 17. The van der Waals surface area contributed by atoms with E-state index in [9.17, 15) is 63.9 Å². The highest BCUT2D eigenvalue weighted by atomic mass is 33.1. The molecule has 402 valence electrons. The Morgan fingerprint density at radius 3 is 2.15 bits per heavy atom. The van der Waals surface area contributed by atoms with Crippen LogP contribution in [0.2, 0.25) is 0 Å². The average molecular weight is 1070 g/mol. The van der Waals surface area contributed by atoms with Crippen molar-refractivity contribution in [2.45, 2.75) is 101 Å². The van der Waals surface area contributed by atoms with Crippen LogP contribution in [0.5, 0.6) is 0 Å². The van der Waals surface area contributed by atoms with Gasteiger partial charge in [-0.3, -0.25) is 39.6 Å². The highest BCUT2D eigenvalue weighted by molar-refractivity contribution is 8.76. The van der Waals surface area contributed by atoms with Gasteiger partial charge in [-0.15, -0.1) is 0 Å². The molecule has 18 N–H and O–H groups in total. The van der Waals surface area contributed by atoms with Crippen LogP contribution in [-0.2, 0) is 40.0 Å². The maximum atomic E-state index is 13.3. The lowest BCUT2D eigenvalue weighted by atomic mass is 10.0. The molecule has 8 atom stereocenters. The standard InChI is InChI=1S/C42H61N13O16S2/c1-20(3-12-31(61)62)37(65)50-25(8-10-29(59)46-17-27(57)33(63)34(64)28(58)18-56)39(67)48-21(2)19-73-72-14-13-71-42(70)55-54-30(60)11-9-26(40(68)69)51-38(66)22-4-6-23(7-5-22)45-15-24-16-47-36-32(49-24)35(43)52-41(44)53-36/h4-7,16,20-21,25-28,33-34,45,56-58,63-64H,3,8-15,17-19H2,1-2H3,(H,46,59)(H,48,67)(H,50,65)(H,51,66)(H,54,60)(H,55,70)(H,61,62)(H,68,69)(H4,43,44,47,52,53)/t20-,21+,25-,26-,27-,28+,33+,34+/m0/s1. The Bertz CT molecular complexity index is 2420. The molecule has 0 saturated heterocycles. The molecule has 0 spiro atoms. The third-order valence-electron chi connectivity index (χ3n) is 10.3. The number of aliphatic hydroxyl groups is 5. The quantitative estimate of drug-likeness (QED) is 0.0173. The molecule has 31 heteroatoms. The second kappa shape index (κ2) is 30.9. The molecule has 6 amide bonds. The first-order valence-corrected chi connectivity index (χ1v) is 24.9. The van der Waals surface area contributed by atoms with E-state index >= 15 is 0 Å². The van der Waals surface area contributed by atoms with Gasteiger partial charge in [0, 0.05) is 60.5 Å². The zero-order valence-corrected chi connectivity index (χ0v) is 41.2. The van der Waals surface area contributed by atoms with Gasteiger partial charge in [0.05, 0.1) is 31.1 Å². The predicted octanol–water partition coefficient (Wildman–Crippen LogP) is -3.05. The molecule has 0 aliphatic rings. The Balaban J connectivity index is 1.35. The van der Waals surface area contributed by atoms with Crippen molar-refractivity contribution in [1.29, 1.82) is 5.41 Å². The lowest BCUT2D eigenvalue weighted by Gasteiger charge is -2.26. The van der Waals surface area contributed by atoms with E-state index in [1.807, 2.05) is 5.43 Å². The van der Waals surface area contributed by atoms with Crippen molar-refractivity contribution >= 4 is 92.0 Å². The molecule has 0 radical (unpaired) electrons. The number of carboxylic acid groups (broad SMARTS) is 2. The molecule has 2 aromatic heterocycles. The van der Waals surface area contributed by atoms with Crippen LogP contribution in [0, 0.1) is 11.3 Å². The normalized spacial score (nSPS) is 14.4. The molecule has 29 nitrogen and oxygen atoms in total. The van der Waals surface area contributed by atoms with E-state index in [4.69, 9.17) is 26.1 Å². The minimum Gasteiger partial charge on any atom is -0.481 e. The van der Waals surface area contributed by atoms with E-state index in [0.717, 1.165) is 0 Å². The summed E-state index contributed by atoms with van der Waals surface area (Å²) < 4.78 is 5.02. The summed E-state index contributed by atoms with van der Waals surface area (Å²) in [6.45, 7) is 1.77. The fourth-order valence-corrected chi connectivity index (χ4v) is 8.20. The number of nitrogens with one attached hydrogen (secondary N) is 9. The SMILES string of the molecule is C[C@H](CSSCCOC(=O)NNC(=O)CC[C@H](NC(=O)c1ccc(NCc2cnc3nc(N)[nH]c(=N)c3n2)cc1)C(=O)O)NC(=O)[C@H](CCC(=O)NC[C@H](O)[C@@H](O)[C@H](O)[C@H](O)CO)NC(=O)[C@@H](C)CCC(=O)O. The summed E-state index contributed by atoms with van der Waals surface area (Å²) in [7, 11) is 2.56. The first-order valence-electron chi connectivity index (χ1n) is 22.4. The van der Waals surface area contributed by atoms with Crippen LogP contribution in [0.4, 0.5) is 16.4 Å². The van der Waals surface area contributed by atoms with Crippen LogP contribution in [0.3, 0.4) is 0 Å². The number of rotatable bonds is 31. The number of hydrazine groups is 1. The third-order valence-corrected chi connectivity index (χ3v) is 12.8. The number of hydrogen-bond acceptors (Lipinski definition) is 22. The summed E-state index contributed by atoms with van der Waals surface area (Å²) in [6, 6.07) is 2.88. The van der Waals surface area contributed by atoms with Gasteiger partial charge in [-0.25, -0.2) is 25.0 Å². The highest BCUT2D eigenvalue weighted by Crippen LogP contribution is 2.22. The number of amides is 6. The number of carboxylic acids is 2. The molecule has 3 aromatic rings. The maximum absolute atomic E-state index is 13.3. The number of nitrogens with zero attached hydrogens (tertiary/aromatic N) is 3. The van der Waals surface area contributed by atoms with Gasteiger partial charge >= 0.3 is 18.0 Å². The van der Waals surface area contributed by atoms with Crippen LogP contribution in [-0.4, -0.2) is 177 Å². The predicted molar refractivity (Wildman–Crippen MR) is 260 cm³/mol. The Labute approximate surface area is 423 Å².